The van der Waals surface area contributed by atoms with Crippen molar-refractivity contribution in [2.75, 3.05) is 0 Å². The van der Waals surface area contributed by atoms with Gasteiger partial charge < -0.3 is 15.3 Å². The maximum Gasteiger partial charge on any atom is 0.465 e. The SMILES string of the molecule is OB1NN=C([C@H]2C[C@@H](N(Cc3ccccc3)Cc3ccccc3)C2)c2c1cnc1[nH]ccc21. The molecule has 0 radical (unpaired) electrons. The zero-order chi connectivity index (χ0) is 22.2. The molecule has 6 rings (SSSR count). The second-order valence-corrected chi connectivity index (χ2v) is 9.06. The van der Waals surface area contributed by atoms with Gasteiger partial charge in [-0.2, -0.15) is 5.10 Å². The van der Waals surface area contributed by atoms with Gasteiger partial charge in [0.05, 0.1) is 5.71 Å². The third kappa shape index (κ3) is 3.83. The minimum absolute atomic E-state index is 0.350. The van der Waals surface area contributed by atoms with Gasteiger partial charge >= 0.3 is 7.05 Å². The number of H-pyrrole nitrogens is 1. The molecule has 1 aliphatic heterocycles. The lowest BCUT2D eigenvalue weighted by Crippen LogP contribution is -2.53. The van der Waals surface area contributed by atoms with Gasteiger partial charge in [0.2, 0.25) is 0 Å². The van der Waals surface area contributed by atoms with Crippen molar-refractivity contribution in [2.45, 2.75) is 32.0 Å². The predicted octanol–water partition coefficient (Wildman–Crippen LogP) is 3.04. The van der Waals surface area contributed by atoms with E-state index < -0.39 is 7.05 Å². The average Bonchev–Trinajstić information content (AvgIpc) is 3.30. The zero-order valence-corrected chi connectivity index (χ0v) is 18.4. The van der Waals surface area contributed by atoms with Gasteiger partial charge in [-0.15, -0.1) is 0 Å². The van der Waals surface area contributed by atoms with E-state index in [1.807, 2.05) is 12.3 Å². The van der Waals surface area contributed by atoms with Crippen molar-refractivity contribution in [3.05, 3.63) is 95.8 Å². The predicted molar refractivity (Wildman–Crippen MR) is 132 cm³/mol. The molecule has 0 bridgehead atoms. The minimum Gasteiger partial charge on any atom is -0.428 e. The summed E-state index contributed by atoms with van der Waals surface area (Å²) in [5.41, 5.74) is 6.39. The average molecular weight is 435 g/mol. The van der Waals surface area contributed by atoms with Gasteiger partial charge in [-0.3, -0.25) is 4.90 Å². The van der Waals surface area contributed by atoms with Crippen LogP contribution in [0.25, 0.3) is 11.0 Å². The molecule has 7 heteroatoms. The lowest BCUT2D eigenvalue weighted by molar-refractivity contribution is 0.0898. The molecular weight excluding hydrogens is 409 g/mol. The lowest BCUT2D eigenvalue weighted by atomic mass is 9.66. The largest absolute Gasteiger partial charge is 0.465 e. The molecule has 0 saturated heterocycles. The summed E-state index contributed by atoms with van der Waals surface area (Å²) in [4.78, 5) is 10.2. The summed E-state index contributed by atoms with van der Waals surface area (Å²) in [5, 5.41) is 19.0. The molecule has 3 heterocycles. The fourth-order valence-electron chi connectivity index (χ4n) is 5.13. The quantitative estimate of drug-likeness (QED) is 0.407. The van der Waals surface area contributed by atoms with Crippen LogP contribution in [0.2, 0.25) is 0 Å². The van der Waals surface area contributed by atoms with Gasteiger partial charge in [0.1, 0.15) is 5.65 Å². The summed E-state index contributed by atoms with van der Waals surface area (Å²) in [5.74, 6) is 0.350. The van der Waals surface area contributed by atoms with E-state index in [4.69, 9.17) is 0 Å². The molecule has 2 aromatic heterocycles. The highest BCUT2D eigenvalue weighted by Gasteiger charge is 2.40. The third-order valence-electron chi connectivity index (χ3n) is 6.95. The molecule has 0 spiro atoms. The number of hydrogen-bond donors (Lipinski definition) is 3. The second-order valence-electron chi connectivity index (χ2n) is 9.06. The van der Waals surface area contributed by atoms with Crippen molar-refractivity contribution in [3.63, 3.8) is 0 Å². The first-order chi connectivity index (χ1) is 16.3. The monoisotopic (exact) mass is 435 g/mol. The molecule has 2 aliphatic rings. The van der Waals surface area contributed by atoms with E-state index in [1.165, 1.54) is 11.1 Å². The zero-order valence-electron chi connectivity index (χ0n) is 18.4. The Labute approximate surface area is 193 Å². The van der Waals surface area contributed by atoms with Gasteiger partial charge in [0, 0.05) is 53.9 Å². The summed E-state index contributed by atoms with van der Waals surface area (Å²) in [6.45, 7) is 1.86. The Morgan fingerprint density at radius 2 is 1.61 bits per heavy atom. The maximum absolute atomic E-state index is 10.4. The number of benzene rings is 2. The summed E-state index contributed by atoms with van der Waals surface area (Å²) < 4.78 is 0. The topological polar surface area (TPSA) is 76.5 Å². The van der Waals surface area contributed by atoms with E-state index in [9.17, 15) is 5.02 Å². The number of pyridine rings is 1. The Bertz CT molecular complexity index is 1240. The normalized spacial score (nSPS) is 19.7. The molecular formula is C26H26BN5O. The number of hydrogen-bond acceptors (Lipinski definition) is 5. The Morgan fingerprint density at radius 3 is 2.27 bits per heavy atom. The molecule has 1 saturated carbocycles. The van der Waals surface area contributed by atoms with Crippen LogP contribution in [-0.4, -0.2) is 38.7 Å². The number of nitrogens with one attached hydrogen (secondary N) is 2. The van der Waals surface area contributed by atoms with Crippen molar-refractivity contribution < 1.29 is 5.02 Å². The molecule has 1 aliphatic carbocycles. The van der Waals surface area contributed by atoms with Gasteiger partial charge in [0.15, 0.2) is 0 Å². The molecule has 33 heavy (non-hydrogen) atoms. The highest BCUT2D eigenvalue weighted by atomic mass is 16.2. The number of aromatic nitrogens is 2. The van der Waals surface area contributed by atoms with Gasteiger partial charge in [-0.05, 0) is 30.0 Å². The van der Waals surface area contributed by atoms with Gasteiger partial charge in [-0.1, -0.05) is 60.7 Å². The number of hydrazone groups is 1. The third-order valence-corrected chi connectivity index (χ3v) is 6.95. The summed E-state index contributed by atoms with van der Waals surface area (Å²) >= 11 is 0. The Morgan fingerprint density at radius 1 is 0.939 bits per heavy atom. The van der Waals surface area contributed by atoms with E-state index in [2.05, 4.69) is 86.0 Å². The van der Waals surface area contributed by atoms with E-state index in [-0.39, 0.29) is 0 Å². The van der Waals surface area contributed by atoms with Crippen molar-refractivity contribution in [1.82, 2.24) is 20.2 Å². The highest BCUT2D eigenvalue weighted by molar-refractivity contribution is 6.66. The molecule has 3 N–H and O–H groups in total. The van der Waals surface area contributed by atoms with Crippen molar-refractivity contribution in [2.24, 2.45) is 11.0 Å². The maximum atomic E-state index is 10.4. The molecule has 6 nitrogen and oxygen atoms in total. The molecule has 0 atom stereocenters. The lowest BCUT2D eigenvalue weighted by Gasteiger charge is -2.44. The summed E-state index contributed by atoms with van der Waals surface area (Å²) in [6, 6.07) is 23.9. The minimum atomic E-state index is -0.820. The number of rotatable bonds is 6. The van der Waals surface area contributed by atoms with Crippen LogP contribution in [0, 0.1) is 5.92 Å². The van der Waals surface area contributed by atoms with Crippen molar-refractivity contribution in [3.8, 4) is 0 Å². The fourth-order valence-corrected chi connectivity index (χ4v) is 5.13. The number of fused-ring (bicyclic) bond motifs is 3. The fraction of sp³-hybridized carbons (Fsp3) is 0.231. The van der Waals surface area contributed by atoms with E-state index in [0.717, 1.165) is 53.7 Å². The van der Waals surface area contributed by atoms with Crippen LogP contribution in [0.4, 0.5) is 0 Å². The molecule has 2 aromatic carbocycles. The summed E-state index contributed by atoms with van der Waals surface area (Å²) in [7, 11) is -0.820. The van der Waals surface area contributed by atoms with Crippen LogP contribution in [0.3, 0.4) is 0 Å². The first kappa shape index (κ1) is 20.2. The smallest absolute Gasteiger partial charge is 0.428 e. The molecule has 4 aromatic rings. The second kappa shape index (κ2) is 8.50. The van der Waals surface area contributed by atoms with Crippen molar-refractivity contribution >= 4 is 29.3 Å². The van der Waals surface area contributed by atoms with Crippen molar-refractivity contribution in [1.29, 1.82) is 0 Å². The Balaban J connectivity index is 1.25. The van der Waals surface area contributed by atoms with E-state index in [0.29, 0.717) is 12.0 Å². The van der Waals surface area contributed by atoms with Crippen LogP contribution in [0.5, 0.6) is 0 Å². The highest BCUT2D eigenvalue weighted by Crippen LogP contribution is 2.37. The molecule has 0 amide bonds. The number of aromatic amines is 1. The van der Waals surface area contributed by atoms with Gasteiger partial charge in [-0.25, -0.2) is 4.98 Å². The van der Waals surface area contributed by atoms with Gasteiger partial charge in [0.25, 0.3) is 0 Å². The molecule has 0 unspecified atom stereocenters. The molecule has 1 fully saturated rings. The van der Waals surface area contributed by atoms with E-state index in [1.54, 1.807) is 6.20 Å². The summed E-state index contributed by atoms with van der Waals surface area (Å²) in [6.07, 6.45) is 5.75. The Kier molecular flexibility index (Phi) is 5.21. The van der Waals surface area contributed by atoms with Crippen LogP contribution in [-0.2, 0) is 13.1 Å². The van der Waals surface area contributed by atoms with Crippen LogP contribution in [0.15, 0.2) is 84.2 Å². The first-order valence-corrected chi connectivity index (χ1v) is 11.6. The number of nitrogens with zero attached hydrogens (tertiary/aromatic N) is 3. The first-order valence-electron chi connectivity index (χ1n) is 11.6. The van der Waals surface area contributed by atoms with Crippen LogP contribution >= 0.6 is 0 Å². The van der Waals surface area contributed by atoms with Crippen LogP contribution in [0.1, 0.15) is 29.5 Å². The standard InChI is InChI=1S/C26H26BN5O/c33-27-23-15-29-26-22(11-12-28-26)24(23)25(30-31-27)20-13-21(14-20)32(16-18-7-3-1-4-8-18)17-19-9-5-2-6-10-19/h1-12,15,20-21,31,33H,13-14,16-17H2,(H,28,29)/t20-,21+. The molecule has 164 valence electrons. The Hall–Kier alpha value is -3.42. The van der Waals surface area contributed by atoms with Crippen LogP contribution < -0.4 is 10.8 Å². The van der Waals surface area contributed by atoms with E-state index >= 15 is 0 Å².